The van der Waals surface area contributed by atoms with Crippen molar-refractivity contribution in [1.82, 2.24) is 19.8 Å². The van der Waals surface area contributed by atoms with Gasteiger partial charge >= 0.3 is 0 Å². The number of aliphatic hydroxyl groups excluding tert-OH is 1. The molecule has 1 aromatic carbocycles. The molecule has 146 valence electrons. The molecule has 2 N–H and O–H groups in total. The minimum absolute atomic E-state index is 0.161. The molecule has 1 atom stereocenters. The topological polar surface area (TPSA) is 55.4 Å². The van der Waals surface area contributed by atoms with Crippen molar-refractivity contribution < 1.29 is 9.50 Å². The summed E-state index contributed by atoms with van der Waals surface area (Å²) in [4.78, 5) is 12.1. The van der Waals surface area contributed by atoms with Crippen LogP contribution in [0.1, 0.15) is 30.5 Å². The van der Waals surface area contributed by atoms with E-state index < -0.39 is 0 Å². The van der Waals surface area contributed by atoms with Crippen LogP contribution < -0.4 is 0 Å². The van der Waals surface area contributed by atoms with Gasteiger partial charge in [-0.05, 0) is 62.0 Å². The molecule has 2 aliphatic rings. The van der Waals surface area contributed by atoms with E-state index in [9.17, 15) is 9.50 Å². The number of imidazole rings is 1. The van der Waals surface area contributed by atoms with E-state index in [4.69, 9.17) is 0 Å². The Morgan fingerprint density at radius 1 is 1.15 bits per heavy atom. The Labute approximate surface area is 160 Å². The van der Waals surface area contributed by atoms with Gasteiger partial charge in [-0.2, -0.15) is 0 Å². The molecule has 1 aromatic heterocycles. The monoisotopic (exact) mass is 372 g/mol. The summed E-state index contributed by atoms with van der Waals surface area (Å²) in [7, 11) is 0. The molecule has 0 unspecified atom stereocenters. The van der Waals surface area contributed by atoms with E-state index in [1.807, 2.05) is 12.3 Å². The minimum Gasteiger partial charge on any atom is -0.396 e. The quantitative estimate of drug-likeness (QED) is 0.847. The van der Waals surface area contributed by atoms with E-state index in [2.05, 4.69) is 19.8 Å². The van der Waals surface area contributed by atoms with Crippen LogP contribution in [0, 0.1) is 17.2 Å². The second-order valence-electron chi connectivity index (χ2n) is 8.21. The van der Waals surface area contributed by atoms with E-state index >= 15 is 0 Å². The maximum absolute atomic E-state index is 13.4. The molecule has 5 nitrogen and oxygen atoms in total. The van der Waals surface area contributed by atoms with Gasteiger partial charge in [0.1, 0.15) is 5.82 Å². The Balaban J connectivity index is 1.34. The summed E-state index contributed by atoms with van der Waals surface area (Å²) < 4.78 is 13.4. The summed E-state index contributed by atoms with van der Waals surface area (Å²) in [6.07, 6.45) is 6.97. The van der Waals surface area contributed by atoms with Crippen LogP contribution in [0.25, 0.3) is 0 Å². The lowest BCUT2D eigenvalue weighted by atomic mass is 9.64. The zero-order valence-electron chi connectivity index (χ0n) is 15.8. The summed E-state index contributed by atoms with van der Waals surface area (Å²) in [6, 6.07) is 6.91. The number of benzene rings is 1. The van der Waals surface area contributed by atoms with Crippen molar-refractivity contribution in [2.75, 3.05) is 32.8 Å². The molecule has 0 bridgehead atoms. The highest BCUT2D eigenvalue weighted by Crippen LogP contribution is 2.45. The number of H-pyrrole nitrogens is 1. The highest BCUT2D eigenvalue weighted by molar-refractivity contribution is 5.16. The Bertz CT molecular complexity index is 728. The number of nitrogens with one attached hydrogen (secondary N) is 1. The van der Waals surface area contributed by atoms with E-state index in [0.29, 0.717) is 5.92 Å². The lowest BCUT2D eigenvalue weighted by Gasteiger charge is -2.51. The third-order valence-electron chi connectivity index (χ3n) is 6.59. The maximum atomic E-state index is 13.4. The fraction of sp³-hybridized carbons (Fsp3) is 0.571. The van der Waals surface area contributed by atoms with E-state index in [1.54, 1.807) is 18.5 Å². The number of aromatic nitrogens is 2. The number of aromatic amines is 1. The number of aliphatic hydroxyl groups is 1. The number of likely N-dealkylation sites (tertiary alicyclic amines) is 2. The van der Waals surface area contributed by atoms with Crippen LogP contribution in [0.3, 0.4) is 0 Å². The first kappa shape index (κ1) is 18.6. The average Bonchev–Trinajstić information content (AvgIpc) is 3.18. The zero-order chi connectivity index (χ0) is 18.7. The standard InChI is InChI=1S/C21H29FN4O/c22-19-3-1-2-17(10-19)12-25-7-4-21(5-8-25)6-9-26(13-18(21)15-27)14-20-11-23-16-24-20/h1-3,10-11,16,18,27H,4-9,12-15H2,(H,23,24)/t18-/m0/s1. The van der Waals surface area contributed by atoms with Gasteiger partial charge in [-0.15, -0.1) is 0 Å². The smallest absolute Gasteiger partial charge is 0.123 e. The number of halogens is 1. The molecular formula is C21H29FN4O. The molecule has 0 amide bonds. The average molecular weight is 372 g/mol. The van der Waals surface area contributed by atoms with E-state index in [0.717, 1.165) is 69.8 Å². The molecule has 2 aromatic rings. The van der Waals surface area contributed by atoms with Gasteiger partial charge in [0.2, 0.25) is 0 Å². The molecule has 2 aliphatic heterocycles. The van der Waals surface area contributed by atoms with Gasteiger partial charge in [0, 0.05) is 44.0 Å². The van der Waals surface area contributed by atoms with Crippen molar-refractivity contribution in [1.29, 1.82) is 0 Å². The molecule has 2 saturated heterocycles. The molecule has 2 fully saturated rings. The summed E-state index contributed by atoms with van der Waals surface area (Å²) in [5.41, 5.74) is 2.42. The van der Waals surface area contributed by atoms with Crippen LogP contribution in [0.4, 0.5) is 4.39 Å². The summed E-state index contributed by atoms with van der Waals surface area (Å²) >= 11 is 0. The Morgan fingerprint density at radius 2 is 1.93 bits per heavy atom. The van der Waals surface area contributed by atoms with Gasteiger partial charge in [-0.3, -0.25) is 9.80 Å². The Hall–Kier alpha value is -1.76. The predicted molar refractivity (Wildman–Crippen MR) is 102 cm³/mol. The van der Waals surface area contributed by atoms with Gasteiger partial charge in [0.25, 0.3) is 0 Å². The van der Waals surface area contributed by atoms with Crippen LogP contribution in [-0.2, 0) is 13.1 Å². The minimum atomic E-state index is -0.161. The molecule has 0 radical (unpaired) electrons. The van der Waals surface area contributed by atoms with Crippen molar-refractivity contribution in [2.24, 2.45) is 11.3 Å². The van der Waals surface area contributed by atoms with Crippen LogP contribution in [-0.4, -0.2) is 57.7 Å². The van der Waals surface area contributed by atoms with Crippen molar-refractivity contribution >= 4 is 0 Å². The first-order valence-electron chi connectivity index (χ1n) is 9.94. The maximum Gasteiger partial charge on any atom is 0.123 e. The van der Waals surface area contributed by atoms with Gasteiger partial charge < -0.3 is 10.1 Å². The molecule has 27 heavy (non-hydrogen) atoms. The van der Waals surface area contributed by atoms with E-state index in [-0.39, 0.29) is 17.8 Å². The summed E-state index contributed by atoms with van der Waals surface area (Å²) in [5.74, 6) is 0.163. The molecular weight excluding hydrogens is 343 g/mol. The number of nitrogens with zero attached hydrogens (tertiary/aromatic N) is 3. The molecule has 6 heteroatoms. The molecule has 3 heterocycles. The first-order valence-corrected chi connectivity index (χ1v) is 9.94. The largest absolute Gasteiger partial charge is 0.396 e. The third-order valence-corrected chi connectivity index (χ3v) is 6.59. The van der Waals surface area contributed by atoms with Crippen molar-refractivity contribution in [3.05, 3.63) is 53.9 Å². The number of hydrogen-bond donors (Lipinski definition) is 2. The van der Waals surface area contributed by atoms with Crippen molar-refractivity contribution in [2.45, 2.75) is 32.4 Å². The predicted octanol–water partition coefficient (Wildman–Crippen LogP) is 2.65. The SMILES string of the molecule is OC[C@@H]1CN(Cc2cnc[nH]2)CCC12CCN(Cc1cccc(F)c1)CC2. The van der Waals surface area contributed by atoms with Gasteiger partial charge in [0.05, 0.1) is 6.33 Å². The highest BCUT2D eigenvalue weighted by atomic mass is 19.1. The van der Waals surface area contributed by atoms with Crippen molar-refractivity contribution in [3.8, 4) is 0 Å². The van der Waals surface area contributed by atoms with Gasteiger partial charge in [0.15, 0.2) is 0 Å². The molecule has 4 rings (SSSR count). The Morgan fingerprint density at radius 3 is 2.59 bits per heavy atom. The molecule has 0 saturated carbocycles. The lowest BCUT2D eigenvalue weighted by Crippen LogP contribution is -2.53. The third kappa shape index (κ3) is 4.23. The van der Waals surface area contributed by atoms with Crippen LogP contribution >= 0.6 is 0 Å². The van der Waals surface area contributed by atoms with Crippen LogP contribution in [0.5, 0.6) is 0 Å². The molecule has 0 aliphatic carbocycles. The zero-order valence-corrected chi connectivity index (χ0v) is 15.8. The van der Waals surface area contributed by atoms with Gasteiger partial charge in [-0.1, -0.05) is 12.1 Å². The van der Waals surface area contributed by atoms with Gasteiger partial charge in [-0.25, -0.2) is 9.37 Å². The fourth-order valence-corrected chi connectivity index (χ4v) is 4.90. The van der Waals surface area contributed by atoms with Crippen LogP contribution in [0.15, 0.2) is 36.8 Å². The second kappa shape index (κ2) is 8.09. The highest BCUT2D eigenvalue weighted by Gasteiger charge is 2.44. The lowest BCUT2D eigenvalue weighted by molar-refractivity contribution is -0.0452. The van der Waals surface area contributed by atoms with Crippen molar-refractivity contribution in [3.63, 3.8) is 0 Å². The first-order chi connectivity index (χ1) is 13.2. The second-order valence-corrected chi connectivity index (χ2v) is 8.21. The number of rotatable bonds is 5. The molecule has 1 spiro atoms. The summed E-state index contributed by atoms with van der Waals surface area (Å²) in [6.45, 7) is 5.99. The normalized spacial score (nSPS) is 23.7. The number of piperidine rings is 2. The van der Waals surface area contributed by atoms with Crippen LogP contribution in [0.2, 0.25) is 0 Å². The van der Waals surface area contributed by atoms with E-state index in [1.165, 1.54) is 6.07 Å². The number of hydrogen-bond acceptors (Lipinski definition) is 4. The Kier molecular flexibility index (Phi) is 5.57. The summed E-state index contributed by atoms with van der Waals surface area (Å²) in [5, 5.41) is 10.1. The fourth-order valence-electron chi connectivity index (χ4n) is 4.90.